The predicted molar refractivity (Wildman–Crippen MR) is 83.4 cm³/mol. The molecule has 1 aromatic heterocycles. The van der Waals surface area contributed by atoms with Crippen molar-refractivity contribution in [3.63, 3.8) is 0 Å². The highest BCUT2D eigenvalue weighted by molar-refractivity contribution is 14.1. The Morgan fingerprint density at radius 3 is 2.67 bits per heavy atom. The van der Waals surface area contributed by atoms with Gasteiger partial charge in [0.2, 0.25) is 5.89 Å². The van der Waals surface area contributed by atoms with Crippen molar-refractivity contribution in [1.82, 2.24) is 10.2 Å². The number of carboxylic acid groups (broad SMARTS) is 1. The van der Waals surface area contributed by atoms with E-state index >= 15 is 0 Å². The van der Waals surface area contributed by atoms with Gasteiger partial charge in [-0.25, -0.2) is 4.79 Å². The largest absolute Gasteiger partial charge is 0.483 e. The van der Waals surface area contributed by atoms with Gasteiger partial charge >= 0.3 is 5.97 Å². The van der Waals surface area contributed by atoms with Crippen LogP contribution in [0.15, 0.2) is 22.6 Å². The molecule has 1 aromatic carbocycles. The highest BCUT2D eigenvalue weighted by Crippen LogP contribution is 2.24. The van der Waals surface area contributed by atoms with Crippen molar-refractivity contribution in [2.45, 2.75) is 32.8 Å². The van der Waals surface area contributed by atoms with E-state index < -0.39 is 5.97 Å². The number of hydrogen-bond donors (Lipinski definition) is 1. The molecule has 0 bridgehead atoms. The number of benzene rings is 1. The van der Waals surface area contributed by atoms with Gasteiger partial charge in [-0.3, -0.25) is 0 Å². The van der Waals surface area contributed by atoms with Crippen molar-refractivity contribution in [2.24, 2.45) is 0 Å². The topological polar surface area (TPSA) is 85.5 Å². The number of aromatic nitrogens is 2. The summed E-state index contributed by atoms with van der Waals surface area (Å²) >= 11 is 2.08. The molecule has 1 N–H and O–H groups in total. The molecule has 0 amide bonds. The molecule has 0 radical (unpaired) electrons. The predicted octanol–water partition coefficient (Wildman–Crippen LogP) is 3.25. The third kappa shape index (κ3) is 3.93. The maximum Gasteiger partial charge on any atom is 0.335 e. The van der Waals surface area contributed by atoms with E-state index in [4.69, 9.17) is 14.3 Å². The van der Waals surface area contributed by atoms with Crippen molar-refractivity contribution < 1.29 is 19.1 Å². The fourth-order valence-electron chi connectivity index (χ4n) is 1.50. The van der Waals surface area contributed by atoms with Crippen LogP contribution in [-0.2, 0) is 12.0 Å². The zero-order chi connectivity index (χ0) is 15.6. The van der Waals surface area contributed by atoms with E-state index in [-0.39, 0.29) is 17.6 Å². The average molecular weight is 402 g/mol. The molecule has 0 spiro atoms. The van der Waals surface area contributed by atoms with Crippen LogP contribution in [0.5, 0.6) is 5.75 Å². The number of aromatic carboxylic acids is 1. The van der Waals surface area contributed by atoms with Crippen molar-refractivity contribution >= 4 is 28.6 Å². The maximum atomic E-state index is 11.0. The normalized spacial score (nSPS) is 11.4. The molecule has 0 unspecified atom stereocenters. The molecule has 0 atom stereocenters. The molecular weight excluding hydrogens is 387 g/mol. The van der Waals surface area contributed by atoms with Crippen LogP contribution in [0.2, 0.25) is 0 Å². The minimum atomic E-state index is -0.996. The minimum absolute atomic E-state index is 0.0994. The Morgan fingerprint density at radius 1 is 1.38 bits per heavy atom. The second-order valence-electron chi connectivity index (χ2n) is 5.49. The lowest BCUT2D eigenvalue weighted by molar-refractivity contribution is 0.0696. The van der Waals surface area contributed by atoms with Gasteiger partial charge < -0.3 is 14.3 Å². The molecule has 0 aliphatic carbocycles. The van der Waals surface area contributed by atoms with Crippen molar-refractivity contribution in [1.29, 1.82) is 0 Å². The number of hydrogen-bond acceptors (Lipinski definition) is 5. The van der Waals surface area contributed by atoms with E-state index in [0.29, 0.717) is 17.5 Å². The summed E-state index contributed by atoms with van der Waals surface area (Å²) in [5.74, 6) is 0.376. The van der Waals surface area contributed by atoms with Crippen LogP contribution >= 0.6 is 22.6 Å². The monoisotopic (exact) mass is 402 g/mol. The van der Waals surface area contributed by atoms with Crippen molar-refractivity contribution in [3.05, 3.63) is 39.1 Å². The summed E-state index contributed by atoms with van der Waals surface area (Å²) in [7, 11) is 0. The Morgan fingerprint density at radius 2 is 2.10 bits per heavy atom. The Hall–Kier alpha value is -1.64. The number of nitrogens with zero attached hydrogens (tertiary/aromatic N) is 2. The Kier molecular flexibility index (Phi) is 4.50. The molecule has 2 rings (SSSR count). The fourth-order valence-corrected chi connectivity index (χ4v) is 1.99. The Labute approximate surface area is 135 Å². The third-order valence-electron chi connectivity index (χ3n) is 2.64. The zero-order valence-electron chi connectivity index (χ0n) is 11.9. The lowest BCUT2D eigenvalue weighted by Crippen LogP contribution is -2.11. The molecule has 1 heterocycles. The summed E-state index contributed by atoms with van der Waals surface area (Å²) in [5, 5.41) is 16.9. The second-order valence-corrected chi connectivity index (χ2v) is 6.65. The molecule has 6 nitrogen and oxygen atoms in total. The molecule has 7 heteroatoms. The second kappa shape index (κ2) is 6.00. The van der Waals surface area contributed by atoms with Crippen LogP contribution in [0.4, 0.5) is 0 Å². The van der Waals surface area contributed by atoms with Gasteiger partial charge in [0.1, 0.15) is 5.75 Å². The van der Waals surface area contributed by atoms with Gasteiger partial charge in [-0.15, -0.1) is 10.2 Å². The molecule has 21 heavy (non-hydrogen) atoms. The lowest BCUT2D eigenvalue weighted by atomic mass is 9.97. The van der Waals surface area contributed by atoms with Gasteiger partial charge in [-0.05, 0) is 40.8 Å². The molecule has 112 valence electrons. The smallest absolute Gasteiger partial charge is 0.335 e. The van der Waals surface area contributed by atoms with Crippen LogP contribution in [0.25, 0.3) is 0 Å². The molecule has 0 fully saturated rings. The van der Waals surface area contributed by atoms with E-state index in [2.05, 4.69) is 32.8 Å². The number of halogens is 1. The van der Waals surface area contributed by atoms with Crippen LogP contribution in [0.3, 0.4) is 0 Å². The summed E-state index contributed by atoms with van der Waals surface area (Å²) < 4.78 is 11.9. The molecule has 2 aromatic rings. The molecule has 0 saturated heterocycles. The van der Waals surface area contributed by atoms with Crippen LogP contribution in [0.1, 0.15) is 42.9 Å². The summed E-state index contributed by atoms with van der Waals surface area (Å²) in [6.45, 7) is 6.03. The fraction of sp³-hybridized carbons (Fsp3) is 0.357. The first kappa shape index (κ1) is 15.7. The first-order valence-electron chi connectivity index (χ1n) is 6.26. The molecule has 0 aliphatic heterocycles. The van der Waals surface area contributed by atoms with E-state index in [0.717, 1.165) is 3.57 Å². The van der Waals surface area contributed by atoms with Gasteiger partial charge in [-0.2, -0.15) is 0 Å². The average Bonchev–Trinajstić information content (AvgIpc) is 2.86. The van der Waals surface area contributed by atoms with E-state index in [1.807, 2.05) is 20.8 Å². The number of rotatable bonds is 4. The SMILES string of the molecule is CC(C)(C)c1nnc(COc2cc(C(=O)O)ccc2I)o1. The van der Waals surface area contributed by atoms with E-state index in [1.54, 1.807) is 6.07 Å². The standard InChI is InChI=1S/C14H15IN2O4/c1-14(2,3)13-17-16-11(21-13)7-20-10-6-8(12(18)19)4-5-9(10)15/h4-6H,7H2,1-3H3,(H,18,19). The van der Waals surface area contributed by atoms with Crippen molar-refractivity contribution in [3.8, 4) is 5.75 Å². The van der Waals surface area contributed by atoms with E-state index in [9.17, 15) is 4.79 Å². The summed E-state index contributed by atoms with van der Waals surface area (Å²) in [6, 6.07) is 4.69. The maximum absolute atomic E-state index is 11.0. The van der Waals surface area contributed by atoms with Crippen LogP contribution in [0, 0.1) is 3.57 Å². The number of carboxylic acids is 1. The third-order valence-corrected chi connectivity index (χ3v) is 3.53. The van der Waals surface area contributed by atoms with Gasteiger partial charge in [0.15, 0.2) is 6.61 Å². The highest BCUT2D eigenvalue weighted by Gasteiger charge is 2.21. The number of ether oxygens (including phenoxy) is 1. The van der Waals surface area contributed by atoms with Gasteiger partial charge in [0.05, 0.1) is 9.13 Å². The summed E-state index contributed by atoms with van der Waals surface area (Å²) in [5.41, 5.74) is -0.0468. The lowest BCUT2D eigenvalue weighted by Gasteiger charge is -2.11. The van der Waals surface area contributed by atoms with Crippen molar-refractivity contribution in [2.75, 3.05) is 0 Å². The Bertz CT molecular complexity index is 661. The van der Waals surface area contributed by atoms with Gasteiger partial charge in [0.25, 0.3) is 5.89 Å². The molecule has 0 saturated carbocycles. The number of carbonyl (C=O) groups is 1. The molecular formula is C14H15IN2O4. The Balaban J connectivity index is 2.11. The van der Waals surface area contributed by atoms with Gasteiger partial charge in [-0.1, -0.05) is 20.8 Å². The quantitative estimate of drug-likeness (QED) is 0.791. The molecule has 0 aliphatic rings. The van der Waals surface area contributed by atoms with Crippen LogP contribution in [-0.4, -0.2) is 21.3 Å². The first-order valence-corrected chi connectivity index (χ1v) is 7.34. The van der Waals surface area contributed by atoms with Gasteiger partial charge in [0, 0.05) is 5.41 Å². The zero-order valence-corrected chi connectivity index (χ0v) is 14.0. The minimum Gasteiger partial charge on any atom is -0.483 e. The summed E-state index contributed by atoms with van der Waals surface area (Å²) in [4.78, 5) is 11.0. The van der Waals surface area contributed by atoms with E-state index in [1.165, 1.54) is 12.1 Å². The highest BCUT2D eigenvalue weighted by atomic mass is 127. The van der Waals surface area contributed by atoms with Crippen LogP contribution < -0.4 is 4.74 Å². The first-order chi connectivity index (χ1) is 9.77. The summed E-state index contributed by atoms with van der Waals surface area (Å²) in [6.07, 6.45) is 0.